The van der Waals surface area contributed by atoms with Gasteiger partial charge in [0.1, 0.15) is 54.4 Å². The van der Waals surface area contributed by atoms with Gasteiger partial charge in [0.25, 0.3) is 0 Å². The minimum Gasteiger partial charge on any atom is -0.394 e. The minimum atomic E-state index is -2.93. The van der Waals surface area contributed by atoms with Crippen molar-refractivity contribution in [1.29, 1.82) is 0 Å². The zero-order valence-electron chi connectivity index (χ0n) is 12.1. The molecular weight excluding hydrogens is 320 g/mol. The highest BCUT2D eigenvalue weighted by molar-refractivity contribution is 5.08. The molecule has 0 aromatic carbocycles. The maximum atomic E-state index is 10.6. The summed E-state index contributed by atoms with van der Waals surface area (Å²) in [4.78, 5) is 0. The number of aliphatic hydroxyl groups excluding tert-OH is 9. The minimum absolute atomic E-state index is 0.828. The summed E-state index contributed by atoms with van der Waals surface area (Å²) < 4.78 is 5.05. The molecule has 11 nitrogen and oxygen atoms in total. The van der Waals surface area contributed by atoms with E-state index in [9.17, 15) is 35.7 Å². The van der Waals surface area contributed by atoms with Crippen LogP contribution in [0.2, 0.25) is 0 Å². The molecule has 1 fully saturated rings. The van der Waals surface area contributed by atoms with E-state index in [4.69, 9.17) is 20.1 Å². The topological polar surface area (TPSA) is 212 Å². The van der Waals surface area contributed by atoms with E-state index in [1.807, 2.05) is 0 Å². The van der Waals surface area contributed by atoms with Crippen molar-refractivity contribution < 1.29 is 55.8 Å². The first-order valence-electron chi connectivity index (χ1n) is 6.95. The summed E-state index contributed by atoms with van der Waals surface area (Å²) in [5, 5.41) is 96.4. The number of rotatable bonds is 7. The summed E-state index contributed by atoms with van der Waals surface area (Å²) in [6, 6.07) is 0. The van der Waals surface area contributed by atoms with Crippen molar-refractivity contribution in [1.82, 2.24) is 0 Å². The largest absolute Gasteiger partial charge is 0.394 e. The second kappa shape index (κ2) is 8.09. The molecule has 1 aliphatic heterocycles. The van der Waals surface area contributed by atoms with Gasteiger partial charge in [-0.15, -0.1) is 0 Å². The Morgan fingerprint density at radius 1 is 0.870 bits per heavy atom. The van der Waals surface area contributed by atoms with Gasteiger partial charge in [-0.1, -0.05) is 0 Å². The number of ether oxygens (including phenoxy) is 1. The lowest BCUT2D eigenvalue weighted by molar-refractivity contribution is -0.312. The Hall–Kier alpha value is -0.440. The van der Waals surface area contributed by atoms with Crippen molar-refractivity contribution >= 4 is 0 Å². The number of hydrogen-bond donors (Lipinski definition) is 10. The molecule has 1 saturated heterocycles. The van der Waals surface area contributed by atoms with Crippen molar-refractivity contribution in [2.24, 2.45) is 0 Å². The van der Waals surface area contributed by atoms with Crippen molar-refractivity contribution in [2.45, 2.75) is 54.4 Å². The van der Waals surface area contributed by atoms with Gasteiger partial charge in [0.05, 0.1) is 19.8 Å². The first-order valence-corrected chi connectivity index (χ1v) is 6.95. The van der Waals surface area contributed by atoms with Gasteiger partial charge in [0.2, 0.25) is 0 Å². The highest BCUT2D eigenvalue weighted by atomic mass is 16.6. The quantitative estimate of drug-likeness (QED) is 0.210. The predicted molar refractivity (Wildman–Crippen MR) is 70.9 cm³/mol. The second-order valence-corrected chi connectivity index (χ2v) is 5.53. The van der Waals surface area contributed by atoms with Crippen LogP contribution in [0.3, 0.4) is 0 Å². The summed E-state index contributed by atoms with van der Waals surface area (Å²) in [7, 11) is 0. The summed E-state index contributed by atoms with van der Waals surface area (Å²) in [6.45, 7) is -2.98. The molecule has 10 N–H and O–H groups in total. The van der Waals surface area contributed by atoms with Gasteiger partial charge in [-0.05, 0) is 0 Å². The fourth-order valence-corrected chi connectivity index (χ4v) is 2.59. The monoisotopic (exact) mass is 344 g/mol. The zero-order valence-corrected chi connectivity index (χ0v) is 12.1. The summed E-state index contributed by atoms with van der Waals surface area (Å²) in [5.41, 5.74) is -2.93. The van der Waals surface area contributed by atoms with Crippen LogP contribution in [-0.4, -0.2) is 125 Å². The van der Waals surface area contributed by atoms with Gasteiger partial charge in [-0.25, -0.2) is 0 Å². The van der Waals surface area contributed by atoms with Crippen LogP contribution in [0, 0.1) is 0 Å². The average molecular weight is 344 g/mol. The molecule has 23 heavy (non-hydrogen) atoms. The zero-order chi connectivity index (χ0) is 17.9. The van der Waals surface area contributed by atoms with Gasteiger partial charge in [-0.2, -0.15) is 0 Å². The van der Waals surface area contributed by atoms with Crippen LogP contribution in [0.15, 0.2) is 0 Å². The second-order valence-electron chi connectivity index (χ2n) is 5.53. The molecule has 138 valence electrons. The third kappa shape index (κ3) is 3.65. The summed E-state index contributed by atoms with van der Waals surface area (Å²) in [5.74, 6) is 0. The maximum absolute atomic E-state index is 10.6. The first kappa shape index (κ1) is 20.6. The van der Waals surface area contributed by atoms with Crippen LogP contribution >= 0.6 is 0 Å². The number of hydrogen-bond acceptors (Lipinski definition) is 11. The summed E-state index contributed by atoms with van der Waals surface area (Å²) >= 11 is 0. The number of aliphatic hydroxyl groups is 10. The standard InChI is InChI=1S/C12H24O11/c13-1-4(16)10(21)12(22,6(17)3-15)11-9(20)8(19)7(18)5(2-14)23-11/h4-11,13-22H,1-3H2/t4-,5-,6-,7+,8+,9-,10-,11-,12-/m1/s1. The van der Waals surface area contributed by atoms with Crippen molar-refractivity contribution in [2.75, 3.05) is 19.8 Å². The highest BCUT2D eigenvalue weighted by Crippen LogP contribution is 2.34. The molecule has 0 radical (unpaired) electrons. The Bertz CT molecular complexity index is 367. The molecule has 0 spiro atoms. The van der Waals surface area contributed by atoms with E-state index in [-0.39, 0.29) is 0 Å². The molecule has 0 unspecified atom stereocenters. The Morgan fingerprint density at radius 3 is 1.87 bits per heavy atom. The molecule has 9 atom stereocenters. The van der Waals surface area contributed by atoms with Crippen molar-refractivity contribution in [3.05, 3.63) is 0 Å². The van der Waals surface area contributed by atoms with Gasteiger partial charge in [0.15, 0.2) is 0 Å². The van der Waals surface area contributed by atoms with Gasteiger partial charge in [0, 0.05) is 0 Å². The molecule has 0 aromatic rings. The Morgan fingerprint density at radius 2 is 1.43 bits per heavy atom. The lowest BCUT2D eigenvalue weighted by Crippen LogP contribution is -2.73. The fraction of sp³-hybridized carbons (Fsp3) is 1.00. The van der Waals surface area contributed by atoms with Crippen molar-refractivity contribution in [3.8, 4) is 0 Å². The molecule has 0 saturated carbocycles. The highest BCUT2D eigenvalue weighted by Gasteiger charge is 2.59. The molecule has 0 bridgehead atoms. The molecular formula is C12H24O11. The van der Waals surface area contributed by atoms with E-state index in [2.05, 4.69) is 0 Å². The molecule has 11 heteroatoms. The van der Waals surface area contributed by atoms with Crippen LogP contribution in [0.4, 0.5) is 0 Å². The van der Waals surface area contributed by atoms with E-state index >= 15 is 0 Å². The predicted octanol–water partition coefficient (Wildman–Crippen LogP) is -6.37. The van der Waals surface area contributed by atoms with Gasteiger partial charge in [-0.3, -0.25) is 0 Å². The Labute approximate surface area is 131 Å². The lowest BCUT2D eigenvalue weighted by atomic mass is 9.76. The average Bonchev–Trinajstić information content (AvgIpc) is 2.56. The van der Waals surface area contributed by atoms with Crippen LogP contribution in [0.25, 0.3) is 0 Å². The normalized spacial score (nSPS) is 38.6. The maximum Gasteiger partial charge on any atom is 0.150 e. The van der Waals surface area contributed by atoms with E-state index in [1.165, 1.54) is 0 Å². The molecule has 0 aliphatic carbocycles. The van der Waals surface area contributed by atoms with Gasteiger partial charge < -0.3 is 55.8 Å². The molecule has 1 heterocycles. The summed E-state index contributed by atoms with van der Waals surface area (Å²) in [6.07, 6.45) is -15.6. The van der Waals surface area contributed by atoms with Crippen LogP contribution < -0.4 is 0 Å². The van der Waals surface area contributed by atoms with E-state index in [0.717, 1.165) is 0 Å². The van der Waals surface area contributed by atoms with E-state index in [0.29, 0.717) is 0 Å². The van der Waals surface area contributed by atoms with Crippen LogP contribution in [0.1, 0.15) is 0 Å². The lowest BCUT2D eigenvalue weighted by Gasteiger charge is -2.50. The molecule has 1 aliphatic rings. The molecule has 1 rings (SSSR count). The third-order valence-corrected chi connectivity index (χ3v) is 4.08. The fourth-order valence-electron chi connectivity index (χ4n) is 2.59. The van der Waals surface area contributed by atoms with E-state index in [1.54, 1.807) is 0 Å². The van der Waals surface area contributed by atoms with Crippen LogP contribution in [0.5, 0.6) is 0 Å². The van der Waals surface area contributed by atoms with E-state index < -0.39 is 74.3 Å². The Kier molecular flexibility index (Phi) is 7.25. The van der Waals surface area contributed by atoms with Gasteiger partial charge >= 0.3 is 0 Å². The first-order chi connectivity index (χ1) is 10.7. The SMILES string of the molecule is OC[C@@H](O)[C@@H](O)[C@](O)([C@H](O)CO)[C@@H]1O[C@H](CO)[C@H](O)[C@H](O)[C@H]1O. The molecule has 0 aromatic heterocycles. The smallest absolute Gasteiger partial charge is 0.150 e. The van der Waals surface area contributed by atoms with Crippen molar-refractivity contribution in [3.63, 3.8) is 0 Å². The third-order valence-electron chi connectivity index (χ3n) is 4.08. The Balaban J connectivity index is 3.24. The molecule has 0 amide bonds. The van der Waals surface area contributed by atoms with Crippen LogP contribution in [-0.2, 0) is 4.74 Å².